The summed E-state index contributed by atoms with van der Waals surface area (Å²) < 4.78 is 0. The van der Waals surface area contributed by atoms with Gasteiger partial charge in [0.15, 0.2) is 5.13 Å². The molecule has 0 aliphatic carbocycles. The Hall–Kier alpha value is -1.67. The van der Waals surface area contributed by atoms with E-state index in [0.29, 0.717) is 39.6 Å². The molecule has 0 saturated carbocycles. The number of rotatable bonds is 5. The van der Waals surface area contributed by atoms with Crippen LogP contribution in [0.2, 0.25) is 10.0 Å². The predicted octanol–water partition coefficient (Wildman–Crippen LogP) is 4.93. The second-order valence-corrected chi connectivity index (χ2v) is 10.1. The summed E-state index contributed by atoms with van der Waals surface area (Å²) >= 11 is 13.7. The lowest BCUT2D eigenvalue weighted by molar-refractivity contribution is -0.119. The minimum atomic E-state index is -0.544. The van der Waals surface area contributed by atoms with Gasteiger partial charge in [-0.25, -0.2) is 4.98 Å². The normalized spacial score (nSPS) is 22.0. The number of likely N-dealkylation sites (tertiary alicyclic amines) is 2. The molecule has 31 heavy (non-hydrogen) atoms. The minimum Gasteiger partial charge on any atom is -0.327 e. The van der Waals surface area contributed by atoms with Gasteiger partial charge in [-0.05, 0) is 56.3 Å². The zero-order valence-electron chi connectivity index (χ0n) is 17.4. The van der Waals surface area contributed by atoms with Crippen molar-refractivity contribution in [2.24, 2.45) is 5.92 Å². The smallest absolute Gasteiger partial charge is 0.256 e. The fourth-order valence-electron chi connectivity index (χ4n) is 4.38. The molecule has 1 aromatic carbocycles. The number of piperidine rings is 1. The Balaban J connectivity index is 1.39. The first kappa shape index (κ1) is 22.5. The molecular formula is C22H26Cl2N4O2S. The van der Waals surface area contributed by atoms with Crippen LogP contribution in [-0.4, -0.2) is 52.3 Å². The molecule has 3 heterocycles. The summed E-state index contributed by atoms with van der Waals surface area (Å²) in [5.41, 5.74) is 1.29. The maximum Gasteiger partial charge on any atom is 0.256 e. The highest BCUT2D eigenvalue weighted by Crippen LogP contribution is 2.27. The number of hydrogen-bond donors (Lipinski definition) is 1. The van der Waals surface area contributed by atoms with Gasteiger partial charge in [-0.1, -0.05) is 30.1 Å². The second-order valence-electron chi connectivity index (χ2n) is 8.40. The van der Waals surface area contributed by atoms with Gasteiger partial charge in [0.2, 0.25) is 5.91 Å². The number of aromatic nitrogens is 1. The van der Waals surface area contributed by atoms with E-state index in [9.17, 15) is 9.59 Å². The number of thiazole rings is 1. The van der Waals surface area contributed by atoms with Gasteiger partial charge in [-0.15, -0.1) is 11.3 Å². The molecule has 2 atom stereocenters. The van der Waals surface area contributed by atoms with Crippen LogP contribution < -0.4 is 5.32 Å². The van der Waals surface area contributed by atoms with E-state index in [0.717, 1.165) is 31.7 Å². The summed E-state index contributed by atoms with van der Waals surface area (Å²) in [5, 5.41) is 6.25. The van der Waals surface area contributed by atoms with Gasteiger partial charge in [0.05, 0.1) is 16.3 Å². The van der Waals surface area contributed by atoms with Crippen molar-refractivity contribution in [1.29, 1.82) is 0 Å². The van der Waals surface area contributed by atoms with Gasteiger partial charge in [-0.3, -0.25) is 14.5 Å². The topological polar surface area (TPSA) is 65.5 Å². The maximum absolute atomic E-state index is 13.0. The van der Waals surface area contributed by atoms with Gasteiger partial charge in [0.1, 0.15) is 6.04 Å². The molecule has 2 unspecified atom stereocenters. The van der Waals surface area contributed by atoms with E-state index in [-0.39, 0.29) is 11.8 Å². The highest BCUT2D eigenvalue weighted by atomic mass is 35.5. The van der Waals surface area contributed by atoms with Crippen LogP contribution in [0.3, 0.4) is 0 Å². The van der Waals surface area contributed by atoms with Crippen molar-refractivity contribution in [3.05, 3.63) is 44.9 Å². The Labute approximate surface area is 196 Å². The van der Waals surface area contributed by atoms with Gasteiger partial charge in [-0.2, -0.15) is 0 Å². The number of anilines is 1. The van der Waals surface area contributed by atoms with E-state index >= 15 is 0 Å². The third-order valence-electron chi connectivity index (χ3n) is 5.88. The molecule has 2 saturated heterocycles. The van der Waals surface area contributed by atoms with Crippen molar-refractivity contribution in [2.75, 3.05) is 25.0 Å². The SMILES string of the molecule is CC1CCCN(Cc2csc(NC(=O)C3CCCN3C(=O)c3cc(Cl)ccc3Cl)n2)C1. The third-order valence-corrected chi connectivity index (χ3v) is 7.25. The predicted molar refractivity (Wildman–Crippen MR) is 125 cm³/mol. The van der Waals surface area contributed by atoms with E-state index in [2.05, 4.69) is 22.1 Å². The van der Waals surface area contributed by atoms with Crippen molar-refractivity contribution in [3.8, 4) is 0 Å². The van der Waals surface area contributed by atoms with Crippen molar-refractivity contribution in [3.63, 3.8) is 0 Å². The summed E-state index contributed by atoms with van der Waals surface area (Å²) in [6.45, 7) is 5.78. The molecule has 9 heteroatoms. The Morgan fingerprint density at radius 2 is 2.03 bits per heavy atom. The van der Waals surface area contributed by atoms with Crippen molar-refractivity contribution < 1.29 is 9.59 Å². The Morgan fingerprint density at radius 1 is 1.23 bits per heavy atom. The summed E-state index contributed by atoms with van der Waals surface area (Å²) in [4.78, 5) is 34.6. The van der Waals surface area contributed by atoms with Crippen LogP contribution in [0.4, 0.5) is 5.13 Å². The molecule has 0 radical (unpaired) electrons. The molecule has 2 aliphatic rings. The van der Waals surface area contributed by atoms with E-state index in [1.165, 1.54) is 24.2 Å². The first-order valence-corrected chi connectivity index (χ1v) is 12.3. The largest absolute Gasteiger partial charge is 0.327 e. The average Bonchev–Trinajstić information content (AvgIpc) is 3.39. The summed E-state index contributed by atoms with van der Waals surface area (Å²) in [5.74, 6) is 0.228. The number of carbonyl (C=O) groups excluding carboxylic acids is 2. The molecule has 6 nitrogen and oxygen atoms in total. The van der Waals surface area contributed by atoms with Crippen LogP contribution in [0.25, 0.3) is 0 Å². The monoisotopic (exact) mass is 480 g/mol. The maximum atomic E-state index is 13.0. The highest BCUT2D eigenvalue weighted by molar-refractivity contribution is 7.13. The molecule has 1 aromatic heterocycles. The van der Waals surface area contributed by atoms with Crippen LogP contribution in [-0.2, 0) is 11.3 Å². The fourth-order valence-corrected chi connectivity index (χ4v) is 5.46. The molecule has 0 bridgehead atoms. The molecule has 1 N–H and O–H groups in total. The summed E-state index contributed by atoms with van der Waals surface area (Å²) in [6.07, 6.45) is 3.88. The standard InChI is InChI=1S/C22H26Cl2N4O2S/c1-14-4-2-8-27(11-14)12-16-13-31-22(25-16)26-20(29)19-5-3-9-28(19)21(30)17-10-15(23)6-7-18(17)24/h6-7,10,13-14,19H,2-5,8-9,11-12H2,1H3,(H,25,26,29). The Kier molecular flexibility index (Phi) is 7.16. The number of nitrogens with zero attached hydrogens (tertiary/aromatic N) is 3. The molecule has 166 valence electrons. The van der Waals surface area contributed by atoms with Gasteiger partial charge >= 0.3 is 0 Å². The first-order chi connectivity index (χ1) is 14.9. The number of nitrogens with one attached hydrogen (secondary N) is 1. The summed E-state index contributed by atoms with van der Waals surface area (Å²) in [6, 6.07) is 4.24. The quantitative estimate of drug-likeness (QED) is 0.658. The lowest BCUT2D eigenvalue weighted by Crippen LogP contribution is -2.43. The Bertz CT molecular complexity index is 967. The third kappa shape index (κ3) is 5.40. The molecular weight excluding hydrogens is 455 g/mol. The van der Waals surface area contributed by atoms with E-state index in [1.54, 1.807) is 23.1 Å². The van der Waals surface area contributed by atoms with Crippen LogP contribution in [0.5, 0.6) is 0 Å². The van der Waals surface area contributed by atoms with Gasteiger partial charge in [0, 0.05) is 30.0 Å². The number of hydrogen-bond acceptors (Lipinski definition) is 5. The molecule has 2 aromatic rings. The van der Waals surface area contributed by atoms with Crippen molar-refractivity contribution in [1.82, 2.24) is 14.8 Å². The van der Waals surface area contributed by atoms with E-state index in [1.807, 2.05) is 5.38 Å². The lowest BCUT2D eigenvalue weighted by atomic mass is 10.0. The lowest BCUT2D eigenvalue weighted by Gasteiger charge is -2.30. The zero-order valence-corrected chi connectivity index (χ0v) is 19.8. The highest BCUT2D eigenvalue weighted by Gasteiger charge is 2.35. The minimum absolute atomic E-state index is 0.212. The molecule has 2 fully saturated rings. The average molecular weight is 481 g/mol. The van der Waals surface area contributed by atoms with E-state index < -0.39 is 6.04 Å². The van der Waals surface area contributed by atoms with Crippen molar-refractivity contribution >= 4 is 51.5 Å². The zero-order chi connectivity index (χ0) is 22.0. The second kappa shape index (κ2) is 9.86. The van der Waals surface area contributed by atoms with Crippen LogP contribution in [0, 0.1) is 5.92 Å². The number of amides is 2. The van der Waals surface area contributed by atoms with Gasteiger partial charge < -0.3 is 10.2 Å². The summed E-state index contributed by atoms with van der Waals surface area (Å²) in [7, 11) is 0. The van der Waals surface area contributed by atoms with Crippen molar-refractivity contribution in [2.45, 2.75) is 45.2 Å². The first-order valence-electron chi connectivity index (χ1n) is 10.6. The van der Waals surface area contributed by atoms with Crippen LogP contribution in [0.1, 0.15) is 48.7 Å². The molecule has 4 rings (SSSR count). The van der Waals surface area contributed by atoms with Crippen LogP contribution in [0.15, 0.2) is 23.6 Å². The van der Waals surface area contributed by atoms with Gasteiger partial charge in [0.25, 0.3) is 5.91 Å². The molecule has 0 spiro atoms. The molecule has 2 aliphatic heterocycles. The number of benzene rings is 1. The molecule has 2 amide bonds. The Morgan fingerprint density at radius 3 is 2.84 bits per heavy atom. The number of halogens is 2. The fraction of sp³-hybridized carbons (Fsp3) is 0.500. The van der Waals surface area contributed by atoms with E-state index in [4.69, 9.17) is 23.2 Å². The van der Waals surface area contributed by atoms with Crippen LogP contribution >= 0.6 is 34.5 Å². The number of carbonyl (C=O) groups is 2.